The van der Waals surface area contributed by atoms with E-state index in [1.165, 1.54) is 0 Å². The summed E-state index contributed by atoms with van der Waals surface area (Å²) in [6.07, 6.45) is 11.1. The van der Waals surface area contributed by atoms with Gasteiger partial charge in [0.2, 0.25) is 0 Å². The van der Waals surface area contributed by atoms with Crippen molar-refractivity contribution in [2.75, 3.05) is 0 Å². The van der Waals surface area contributed by atoms with E-state index in [4.69, 9.17) is 0 Å². The summed E-state index contributed by atoms with van der Waals surface area (Å²) in [5, 5.41) is 8.35. The highest BCUT2D eigenvalue weighted by Gasteiger charge is 2.09. The minimum atomic E-state index is 0.0494. The minimum absolute atomic E-state index is 0.0494. The number of H-pyrrole nitrogens is 1. The molecule has 4 aromatic rings. The summed E-state index contributed by atoms with van der Waals surface area (Å²) < 4.78 is 0. The molecule has 0 amide bonds. The summed E-state index contributed by atoms with van der Waals surface area (Å²) in [6.45, 7) is 0. The van der Waals surface area contributed by atoms with Crippen molar-refractivity contribution in [3.8, 4) is 0 Å². The molecule has 1 aromatic carbocycles. The minimum Gasteiger partial charge on any atom is -0.294 e. The fraction of sp³-hybridized carbons (Fsp3) is 0.0476. The predicted octanol–water partition coefficient (Wildman–Crippen LogP) is 3.95. The van der Waals surface area contributed by atoms with Crippen LogP contribution in [0.1, 0.15) is 27.2 Å². The van der Waals surface area contributed by atoms with Gasteiger partial charge in [-0.2, -0.15) is 5.10 Å². The van der Waals surface area contributed by atoms with Gasteiger partial charge in [-0.25, -0.2) is 0 Å². The average Bonchev–Trinajstić information content (AvgIpc) is 3.10. The summed E-state index contributed by atoms with van der Waals surface area (Å²) in [5.74, 6) is 0.0494. The number of fused-ring (bicyclic) bond motifs is 1. The van der Waals surface area contributed by atoms with Gasteiger partial charge in [0.1, 0.15) is 0 Å². The van der Waals surface area contributed by atoms with Gasteiger partial charge < -0.3 is 0 Å². The maximum Gasteiger partial charge on any atom is 0.168 e. The Bertz CT molecular complexity index is 1070. The SMILES string of the molecule is O=C(Cc1ccc2n[nH]c(/C=C/c3cccnc3)c2c1)c1cccnc1. The van der Waals surface area contributed by atoms with Crippen LogP contribution in [0.25, 0.3) is 23.1 Å². The number of ketones is 1. The molecule has 3 heterocycles. The maximum atomic E-state index is 12.4. The number of rotatable bonds is 5. The fourth-order valence-corrected chi connectivity index (χ4v) is 2.78. The molecule has 0 aliphatic heterocycles. The molecular formula is C21H16N4O. The second-order valence-corrected chi connectivity index (χ2v) is 5.95. The standard InChI is InChI=1S/C21H16N4O/c26-21(17-4-2-10-23-14-17)12-16-6-8-20-18(11-16)19(24-25-20)7-5-15-3-1-9-22-13-15/h1-11,13-14H,12H2,(H,24,25)/b7-5+. The highest BCUT2D eigenvalue weighted by Crippen LogP contribution is 2.21. The lowest BCUT2D eigenvalue weighted by Crippen LogP contribution is -2.03. The second-order valence-electron chi connectivity index (χ2n) is 5.95. The smallest absolute Gasteiger partial charge is 0.168 e. The topological polar surface area (TPSA) is 71.5 Å². The number of aromatic nitrogens is 4. The first kappa shape index (κ1) is 15.9. The number of carbonyl (C=O) groups excluding carboxylic acids is 1. The van der Waals surface area contributed by atoms with Crippen molar-refractivity contribution in [3.63, 3.8) is 0 Å². The van der Waals surface area contributed by atoms with Crippen LogP contribution in [-0.2, 0) is 6.42 Å². The lowest BCUT2D eigenvalue weighted by molar-refractivity contribution is 0.0992. The van der Waals surface area contributed by atoms with Crippen LogP contribution in [0.3, 0.4) is 0 Å². The predicted molar refractivity (Wildman–Crippen MR) is 102 cm³/mol. The number of aromatic amines is 1. The maximum absolute atomic E-state index is 12.4. The molecule has 0 bridgehead atoms. The van der Waals surface area contributed by atoms with Crippen molar-refractivity contribution in [2.24, 2.45) is 0 Å². The van der Waals surface area contributed by atoms with Gasteiger partial charge in [-0.1, -0.05) is 18.2 Å². The van der Waals surface area contributed by atoms with E-state index in [1.807, 2.05) is 42.5 Å². The highest BCUT2D eigenvalue weighted by atomic mass is 16.1. The van der Waals surface area contributed by atoms with E-state index in [0.717, 1.165) is 27.7 Å². The Kier molecular flexibility index (Phi) is 4.35. The molecule has 0 saturated heterocycles. The number of hydrogen-bond acceptors (Lipinski definition) is 4. The van der Waals surface area contributed by atoms with Gasteiger partial charge in [0.15, 0.2) is 5.78 Å². The van der Waals surface area contributed by atoms with Crippen molar-refractivity contribution in [2.45, 2.75) is 6.42 Å². The van der Waals surface area contributed by atoms with Crippen molar-refractivity contribution in [3.05, 3.63) is 89.6 Å². The van der Waals surface area contributed by atoms with Crippen LogP contribution >= 0.6 is 0 Å². The zero-order valence-corrected chi connectivity index (χ0v) is 14.0. The number of nitrogens with one attached hydrogen (secondary N) is 1. The monoisotopic (exact) mass is 340 g/mol. The largest absolute Gasteiger partial charge is 0.294 e. The molecule has 1 N–H and O–H groups in total. The lowest BCUT2D eigenvalue weighted by atomic mass is 10.0. The molecule has 0 aliphatic rings. The normalized spacial score (nSPS) is 11.2. The first-order valence-corrected chi connectivity index (χ1v) is 8.28. The molecule has 26 heavy (non-hydrogen) atoms. The molecule has 0 spiro atoms. The molecule has 0 saturated carbocycles. The molecule has 3 aromatic heterocycles. The molecule has 0 radical (unpaired) electrons. The van der Waals surface area contributed by atoms with Crippen LogP contribution in [0.4, 0.5) is 0 Å². The van der Waals surface area contributed by atoms with Crippen LogP contribution in [0.15, 0.2) is 67.3 Å². The summed E-state index contributed by atoms with van der Waals surface area (Å²) in [4.78, 5) is 20.5. The van der Waals surface area contributed by atoms with Crippen molar-refractivity contribution in [1.29, 1.82) is 0 Å². The summed E-state index contributed by atoms with van der Waals surface area (Å²) in [6, 6.07) is 13.3. The summed E-state index contributed by atoms with van der Waals surface area (Å²) in [7, 11) is 0. The number of nitrogens with zero attached hydrogens (tertiary/aromatic N) is 3. The molecule has 126 valence electrons. The van der Waals surface area contributed by atoms with E-state index >= 15 is 0 Å². The number of pyridine rings is 2. The Morgan fingerprint density at radius 3 is 2.62 bits per heavy atom. The van der Waals surface area contributed by atoms with Crippen LogP contribution in [0, 0.1) is 0 Å². The van der Waals surface area contributed by atoms with Crippen LogP contribution < -0.4 is 0 Å². The number of benzene rings is 1. The quantitative estimate of drug-likeness (QED) is 0.558. The zero-order valence-electron chi connectivity index (χ0n) is 14.0. The second kappa shape index (κ2) is 7.11. The summed E-state index contributed by atoms with van der Waals surface area (Å²) in [5.41, 5.74) is 4.35. The number of Topliss-reactive ketones (excluding diaryl/α,β-unsaturated/α-hetero) is 1. The Morgan fingerprint density at radius 2 is 1.85 bits per heavy atom. The van der Waals surface area contributed by atoms with Gasteiger partial charge in [-0.05, 0) is 47.5 Å². The first-order valence-electron chi connectivity index (χ1n) is 8.28. The third-order valence-corrected chi connectivity index (χ3v) is 4.12. The van der Waals surface area contributed by atoms with E-state index in [9.17, 15) is 4.79 Å². The molecule has 5 nitrogen and oxygen atoms in total. The highest BCUT2D eigenvalue weighted by molar-refractivity contribution is 5.98. The van der Waals surface area contributed by atoms with E-state index < -0.39 is 0 Å². The molecule has 4 rings (SSSR count). The molecule has 0 aliphatic carbocycles. The first-order chi connectivity index (χ1) is 12.8. The Morgan fingerprint density at radius 1 is 1.00 bits per heavy atom. The van der Waals surface area contributed by atoms with Crippen LogP contribution in [0.2, 0.25) is 0 Å². The molecule has 0 atom stereocenters. The van der Waals surface area contributed by atoms with Crippen molar-refractivity contribution in [1.82, 2.24) is 20.2 Å². The molecule has 5 heteroatoms. The van der Waals surface area contributed by atoms with Gasteiger partial charge in [-0.15, -0.1) is 0 Å². The van der Waals surface area contributed by atoms with E-state index in [2.05, 4.69) is 20.2 Å². The molecular weight excluding hydrogens is 324 g/mol. The van der Waals surface area contributed by atoms with Gasteiger partial charge in [-0.3, -0.25) is 19.9 Å². The van der Waals surface area contributed by atoms with Gasteiger partial charge in [0.25, 0.3) is 0 Å². The average molecular weight is 340 g/mol. The third kappa shape index (κ3) is 3.42. The Labute approximate surface area is 150 Å². The zero-order chi connectivity index (χ0) is 17.8. The van der Waals surface area contributed by atoms with Crippen molar-refractivity contribution < 1.29 is 4.79 Å². The van der Waals surface area contributed by atoms with Gasteiger partial charge >= 0.3 is 0 Å². The van der Waals surface area contributed by atoms with Crippen LogP contribution in [-0.4, -0.2) is 25.9 Å². The fourth-order valence-electron chi connectivity index (χ4n) is 2.78. The third-order valence-electron chi connectivity index (χ3n) is 4.12. The molecule has 0 fully saturated rings. The Balaban J connectivity index is 1.60. The van der Waals surface area contributed by atoms with Crippen LogP contribution in [0.5, 0.6) is 0 Å². The van der Waals surface area contributed by atoms with Crippen molar-refractivity contribution >= 4 is 28.8 Å². The van der Waals surface area contributed by atoms with Gasteiger partial charge in [0.05, 0.1) is 11.2 Å². The summed E-state index contributed by atoms with van der Waals surface area (Å²) >= 11 is 0. The number of carbonyl (C=O) groups is 1. The van der Waals surface area contributed by atoms with E-state index in [-0.39, 0.29) is 5.78 Å². The Hall–Kier alpha value is -3.60. The van der Waals surface area contributed by atoms with E-state index in [1.54, 1.807) is 36.9 Å². The van der Waals surface area contributed by atoms with Gasteiger partial charge in [0, 0.05) is 42.2 Å². The lowest BCUT2D eigenvalue weighted by Gasteiger charge is -2.02. The molecule has 0 unspecified atom stereocenters. The number of hydrogen-bond donors (Lipinski definition) is 1. The van der Waals surface area contributed by atoms with E-state index in [0.29, 0.717) is 12.0 Å².